The minimum atomic E-state index is 0.0771. The third-order valence-corrected chi connectivity index (χ3v) is 4.20. The van der Waals surface area contributed by atoms with Gasteiger partial charge in [0.1, 0.15) is 5.01 Å². The fourth-order valence-corrected chi connectivity index (χ4v) is 3.08. The predicted molar refractivity (Wildman–Crippen MR) is 70.0 cm³/mol. The molecule has 0 unspecified atom stereocenters. The Bertz CT molecular complexity index is 548. The second kappa shape index (κ2) is 4.47. The largest absolute Gasteiger partial charge is 0.294 e. The highest BCUT2D eigenvalue weighted by Crippen LogP contribution is 2.32. The lowest BCUT2D eigenvalue weighted by molar-refractivity contribution is 0.102. The Hall–Kier alpha value is -1.000. The van der Waals surface area contributed by atoms with Gasteiger partial charge in [-0.2, -0.15) is 0 Å². The summed E-state index contributed by atoms with van der Waals surface area (Å²) in [7, 11) is 0. The quantitative estimate of drug-likeness (QED) is 0.781. The van der Waals surface area contributed by atoms with Crippen LogP contribution < -0.4 is 0 Å². The fraction of sp³-hybridized carbons (Fsp3) is 0.167. The van der Waals surface area contributed by atoms with E-state index in [4.69, 9.17) is 0 Å². The van der Waals surface area contributed by atoms with Gasteiger partial charge in [-0.1, -0.05) is 34.1 Å². The van der Waals surface area contributed by atoms with Crippen LogP contribution in [0.5, 0.6) is 0 Å². The third-order valence-electron chi connectivity index (χ3n) is 2.22. The van der Waals surface area contributed by atoms with Crippen LogP contribution in [0.2, 0.25) is 0 Å². The zero-order valence-electron chi connectivity index (χ0n) is 8.95. The monoisotopic (exact) mass is 295 g/mol. The molecule has 1 aromatic carbocycles. The number of benzene rings is 1. The average Bonchev–Trinajstić information content (AvgIpc) is 2.61. The summed E-state index contributed by atoms with van der Waals surface area (Å²) in [5, 5.41) is 0.884. The molecule has 0 bridgehead atoms. The number of ketones is 1. The van der Waals surface area contributed by atoms with Gasteiger partial charge in [-0.25, -0.2) is 4.98 Å². The van der Waals surface area contributed by atoms with E-state index in [1.165, 1.54) is 11.3 Å². The first-order valence-electron chi connectivity index (χ1n) is 4.83. The van der Waals surface area contributed by atoms with Crippen molar-refractivity contribution >= 4 is 33.0 Å². The van der Waals surface area contributed by atoms with Crippen molar-refractivity contribution < 1.29 is 4.79 Å². The van der Waals surface area contributed by atoms with Crippen LogP contribution >= 0.6 is 27.3 Å². The molecule has 0 aliphatic carbocycles. The van der Waals surface area contributed by atoms with Crippen LogP contribution in [-0.4, -0.2) is 10.8 Å². The smallest absolute Gasteiger partial charge is 0.171 e. The first-order chi connectivity index (χ1) is 7.59. The molecule has 2 aromatic rings. The summed E-state index contributed by atoms with van der Waals surface area (Å²) < 4.78 is 0.999. The van der Waals surface area contributed by atoms with E-state index < -0.39 is 0 Å². The lowest BCUT2D eigenvalue weighted by Gasteiger charge is -1.98. The second-order valence-electron chi connectivity index (χ2n) is 3.47. The highest BCUT2D eigenvalue weighted by Gasteiger charge is 2.13. The summed E-state index contributed by atoms with van der Waals surface area (Å²) in [4.78, 5) is 16.5. The van der Waals surface area contributed by atoms with Crippen molar-refractivity contribution in [3.8, 4) is 10.6 Å². The first-order valence-corrected chi connectivity index (χ1v) is 6.44. The van der Waals surface area contributed by atoms with E-state index in [0.29, 0.717) is 0 Å². The molecule has 2 rings (SSSR count). The molecule has 0 amide bonds. The number of halogens is 1. The number of aromatic nitrogens is 1. The maximum atomic E-state index is 11.4. The van der Waals surface area contributed by atoms with E-state index >= 15 is 0 Å². The second-order valence-corrected chi connectivity index (χ2v) is 5.32. The lowest BCUT2D eigenvalue weighted by Crippen LogP contribution is -1.89. The number of rotatable bonds is 2. The highest BCUT2D eigenvalue weighted by atomic mass is 79.9. The number of Topliss-reactive ketones (excluding diaryl/α,β-unsaturated/α-hetero) is 1. The Morgan fingerprint density at radius 3 is 2.62 bits per heavy atom. The number of carbonyl (C=O) groups excluding carboxylic acids is 1. The van der Waals surface area contributed by atoms with Gasteiger partial charge < -0.3 is 0 Å². The van der Waals surface area contributed by atoms with Gasteiger partial charge in [0.05, 0.1) is 10.6 Å². The molecule has 16 heavy (non-hydrogen) atoms. The zero-order chi connectivity index (χ0) is 11.7. The number of hydrogen-bond donors (Lipinski definition) is 0. The summed E-state index contributed by atoms with van der Waals surface area (Å²) >= 11 is 4.93. The Balaban J connectivity index is 2.54. The SMILES string of the molecule is CC(=O)c1sc(-c2ccccc2Br)nc1C. The molecule has 0 radical (unpaired) electrons. The van der Waals surface area contributed by atoms with Crippen LogP contribution in [0, 0.1) is 6.92 Å². The van der Waals surface area contributed by atoms with Crippen molar-refractivity contribution in [1.82, 2.24) is 4.98 Å². The van der Waals surface area contributed by atoms with Gasteiger partial charge in [0, 0.05) is 17.0 Å². The molecule has 0 saturated heterocycles. The number of nitrogens with zero attached hydrogens (tertiary/aromatic N) is 1. The van der Waals surface area contributed by atoms with Crippen molar-refractivity contribution in [2.45, 2.75) is 13.8 Å². The van der Waals surface area contributed by atoms with Gasteiger partial charge in [-0.3, -0.25) is 4.79 Å². The molecule has 0 spiro atoms. The minimum absolute atomic E-state index is 0.0771. The molecule has 0 saturated carbocycles. The number of carbonyl (C=O) groups is 1. The molecular formula is C12H10BrNOS. The molecule has 0 aliphatic heterocycles. The van der Waals surface area contributed by atoms with E-state index in [2.05, 4.69) is 20.9 Å². The Morgan fingerprint density at radius 1 is 1.38 bits per heavy atom. The Labute approximate surface area is 106 Å². The normalized spacial score (nSPS) is 10.4. The molecule has 1 heterocycles. The van der Waals surface area contributed by atoms with Crippen LogP contribution in [0.15, 0.2) is 28.7 Å². The van der Waals surface area contributed by atoms with E-state index in [-0.39, 0.29) is 5.78 Å². The minimum Gasteiger partial charge on any atom is -0.294 e. The third kappa shape index (κ3) is 2.08. The molecule has 82 valence electrons. The standard InChI is InChI=1S/C12H10BrNOS/c1-7-11(8(2)15)16-12(14-7)9-5-3-4-6-10(9)13/h3-6H,1-2H3. The molecule has 0 aliphatic rings. The van der Waals surface area contributed by atoms with Crippen LogP contribution in [-0.2, 0) is 0 Å². The van der Waals surface area contributed by atoms with Gasteiger partial charge in [0.2, 0.25) is 0 Å². The first kappa shape index (κ1) is 11.5. The Kier molecular flexibility index (Phi) is 3.21. The van der Waals surface area contributed by atoms with Gasteiger partial charge >= 0.3 is 0 Å². The summed E-state index contributed by atoms with van der Waals surface area (Å²) in [6, 6.07) is 7.88. The van der Waals surface area contributed by atoms with E-state index in [1.807, 2.05) is 31.2 Å². The van der Waals surface area contributed by atoms with Crippen molar-refractivity contribution in [1.29, 1.82) is 0 Å². The van der Waals surface area contributed by atoms with Crippen LogP contribution in [0.3, 0.4) is 0 Å². The van der Waals surface area contributed by atoms with Gasteiger partial charge in [-0.05, 0) is 13.0 Å². The fourth-order valence-electron chi connectivity index (χ4n) is 1.47. The van der Waals surface area contributed by atoms with Gasteiger partial charge in [0.25, 0.3) is 0 Å². The van der Waals surface area contributed by atoms with Crippen molar-refractivity contribution in [2.75, 3.05) is 0 Å². The maximum absolute atomic E-state index is 11.4. The van der Waals surface area contributed by atoms with Gasteiger partial charge in [-0.15, -0.1) is 11.3 Å². The Morgan fingerprint density at radius 2 is 2.06 bits per heavy atom. The van der Waals surface area contributed by atoms with Crippen LogP contribution in [0.4, 0.5) is 0 Å². The van der Waals surface area contributed by atoms with Crippen molar-refractivity contribution in [3.05, 3.63) is 39.3 Å². The molecule has 0 atom stereocenters. The summed E-state index contributed by atoms with van der Waals surface area (Å²) in [5.41, 5.74) is 1.84. The van der Waals surface area contributed by atoms with Crippen molar-refractivity contribution in [2.24, 2.45) is 0 Å². The van der Waals surface area contributed by atoms with Crippen molar-refractivity contribution in [3.63, 3.8) is 0 Å². The van der Waals surface area contributed by atoms with Gasteiger partial charge in [0.15, 0.2) is 5.78 Å². The molecular weight excluding hydrogens is 286 g/mol. The zero-order valence-corrected chi connectivity index (χ0v) is 11.4. The predicted octanol–water partition coefficient (Wildman–Crippen LogP) is 4.08. The molecule has 0 fully saturated rings. The van der Waals surface area contributed by atoms with E-state index in [9.17, 15) is 4.79 Å². The molecule has 1 aromatic heterocycles. The highest BCUT2D eigenvalue weighted by molar-refractivity contribution is 9.10. The summed E-state index contributed by atoms with van der Waals surface area (Å²) in [5.74, 6) is 0.0771. The van der Waals surface area contributed by atoms with E-state index in [1.54, 1.807) is 6.92 Å². The number of hydrogen-bond acceptors (Lipinski definition) is 3. The number of aryl methyl sites for hydroxylation is 1. The van der Waals surface area contributed by atoms with Crippen LogP contribution in [0.1, 0.15) is 22.3 Å². The average molecular weight is 296 g/mol. The molecule has 4 heteroatoms. The maximum Gasteiger partial charge on any atom is 0.171 e. The lowest BCUT2D eigenvalue weighted by atomic mass is 10.2. The van der Waals surface area contributed by atoms with Crippen LogP contribution in [0.25, 0.3) is 10.6 Å². The molecule has 2 nitrogen and oxygen atoms in total. The summed E-state index contributed by atoms with van der Waals surface area (Å²) in [6.07, 6.45) is 0. The molecule has 0 N–H and O–H groups in total. The van der Waals surface area contributed by atoms with E-state index in [0.717, 1.165) is 25.6 Å². The number of thiazole rings is 1. The topological polar surface area (TPSA) is 30.0 Å². The summed E-state index contributed by atoms with van der Waals surface area (Å²) in [6.45, 7) is 3.44.